The Morgan fingerprint density at radius 1 is 1.64 bits per heavy atom. The second kappa shape index (κ2) is 5.31. The van der Waals surface area contributed by atoms with Crippen molar-refractivity contribution in [3.8, 4) is 6.07 Å². The maximum atomic E-state index is 8.56. The molecule has 1 rings (SSSR count). The van der Waals surface area contributed by atoms with Gasteiger partial charge in [-0.3, -0.25) is 0 Å². The number of hydrogen-bond acceptors (Lipinski definition) is 2. The van der Waals surface area contributed by atoms with Gasteiger partial charge in [0.1, 0.15) is 0 Å². The van der Waals surface area contributed by atoms with Crippen LogP contribution in [-0.2, 0) is 0 Å². The fourth-order valence-corrected chi connectivity index (χ4v) is 2.42. The van der Waals surface area contributed by atoms with Crippen LogP contribution >= 0.6 is 12.2 Å². The SMILES string of the molecule is CC(C)CC1CCC(=S)N1CCC#N. The summed E-state index contributed by atoms with van der Waals surface area (Å²) in [6.07, 6.45) is 4.01. The number of hydrogen-bond donors (Lipinski definition) is 0. The number of thiocarbonyl (C=S) groups is 1. The largest absolute Gasteiger partial charge is 0.362 e. The van der Waals surface area contributed by atoms with Crippen molar-refractivity contribution >= 4 is 17.2 Å². The van der Waals surface area contributed by atoms with E-state index in [4.69, 9.17) is 17.5 Å². The van der Waals surface area contributed by atoms with Gasteiger partial charge in [0.15, 0.2) is 0 Å². The molecule has 2 nitrogen and oxygen atoms in total. The van der Waals surface area contributed by atoms with Gasteiger partial charge >= 0.3 is 0 Å². The molecule has 1 unspecified atom stereocenters. The molecule has 78 valence electrons. The Hall–Kier alpha value is -0.620. The van der Waals surface area contributed by atoms with Crippen LogP contribution in [0.3, 0.4) is 0 Å². The lowest BCUT2D eigenvalue weighted by atomic mass is 10.0. The van der Waals surface area contributed by atoms with Gasteiger partial charge < -0.3 is 4.90 Å². The zero-order chi connectivity index (χ0) is 10.6. The van der Waals surface area contributed by atoms with Gasteiger partial charge in [-0.1, -0.05) is 26.1 Å². The van der Waals surface area contributed by atoms with Crippen LogP contribution in [0, 0.1) is 17.2 Å². The highest BCUT2D eigenvalue weighted by Crippen LogP contribution is 2.25. The molecule has 1 heterocycles. The lowest BCUT2D eigenvalue weighted by Crippen LogP contribution is -2.33. The summed E-state index contributed by atoms with van der Waals surface area (Å²) >= 11 is 5.30. The van der Waals surface area contributed by atoms with E-state index in [1.807, 2.05) is 0 Å². The van der Waals surface area contributed by atoms with Gasteiger partial charge in [0.2, 0.25) is 0 Å². The Balaban J connectivity index is 2.49. The molecule has 14 heavy (non-hydrogen) atoms. The quantitative estimate of drug-likeness (QED) is 0.668. The predicted octanol–water partition coefficient (Wildman–Crippen LogP) is 2.74. The molecule has 0 radical (unpaired) electrons. The van der Waals surface area contributed by atoms with Crippen molar-refractivity contribution in [2.75, 3.05) is 6.54 Å². The highest BCUT2D eigenvalue weighted by molar-refractivity contribution is 7.80. The van der Waals surface area contributed by atoms with Gasteiger partial charge in [-0.2, -0.15) is 5.26 Å². The van der Waals surface area contributed by atoms with E-state index in [2.05, 4.69) is 24.8 Å². The number of likely N-dealkylation sites (tertiary alicyclic amines) is 1. The summed E-state index contributed by atoms with van der Waals surface area (Å²) in [5.74, 6) is 0.713. The second-order valence-corrected chi connectivity index (χ2v) is 4.79. The molecule has 1 atom stereocenters. The number of nitriles is 1. The first-order valence-electron chi connectivity index (χ1n) is 5.31. The van der Waals surface area contributed by atoms with E-state index >= 15 is 0 Å². The lowest BCUT2D eigenvalue weighted by molar-refractivity contribution is 0.299. The minimum absolute atomic E-state index is 0.592. The van der Waals surface area contributed by atoms with Crippen molar-refractivity contribution < 1.29 is 0 Å². The summed E-state index contributed by atoms with van der Waals surface area (Å²) in [6, 6.07) is 2.78. The van der Waals surface area contributed by atoms with E-state index in [1.165, 1.54) is 12.8 Å². The molecule has 1 saturated heterocycles. The summed E-state index contributed by atoms with van der Waals surface area (Å²) in [5, 5.41) is 8.56. The first kappa shape index (κ1) is 11.5. The van der Waals surface area contributed by atoms with Crippen LogP contribution in [0.2, 0.25) is 0 Å². The van der Waals surface area contributed by atoms with Gasteiger partial charge in [0, 0.05) is 12.6 Å². The third-order valence-electron chi connectivity index (χ3n) is 2.66. The molecule has 1 aliphatic rings. The van der Waals surface area contributed by atoms with Gasteiger partial charge in [-0.15, -0.1) is 0 Å². The van der Waals surface area contributed by atoms with E-state index in [-0.39, 0.29) is 0 Å². The monoisotopic (exact) mass is 210 g/mol. The maximum absolute atomic E-state index is 8.56. The summed E-state index contributed by atoms with van der Waals surface area (Å²) < 4.78 is 0. The van der Waals surface area contributed by atoms with Gasteiger partial charge in [0.25, 0.3) is 0 Å². The Bertz CT molecular complexity index is 242. The highest BCUT2D eigenvalue weighted by Gasteiger charge is 2.27. The average molecular weight is 210 g/mol. The van der Waals surface area contributed by atoms with Crippen LogP contribution in [0.5, 0.6) is 0 Å². The molecule has 1 aliphatic heterocycles. The molecule has 0 aromatic heterocycles. The van der Waals surface area contributed by atoms with Crippen LogP contribution < -0.4 is 0 Å². The average Bonchev–Trinajstić information content (AvgIpc) is 2.44. The Labute approximate surface area is 91.9 Å². The van der Waals surface area contributed by atoms with Crippen molar-refractivity contribution in [3.63, 3.8) is 0 Å². The minimum atomic E-state index is 0.592. The van der Waals surface area contributed by atoms with Gasteiger partial charge in [-0.25, -0.2) is 0 Å². The van der Waals surface area contributed by atoms with Crippen molar-refractivity contribution in [3.05, 3.63) is 0 Å². The molecule has 0 bridgehead atoms. The highest BCUT2D eigenvalue weighted by atomic mass is 32.1. The van der Waals surface area contributed by atoms with Crippen molar-refractivity contribution in [2.24, 2.45) is 5.92 Å². The summed E-state index contributed by atoms with van der Waals surface area (Å²) in [4.78, 5) is 3.32. The zero-order valence-electron chi connectivity index (χ0n) is 8.99. The van der Waals surface area contributed by atoms with Crippen LogP contribution in [0.1, 0.15) is 39.5 Å². The molecule has 3 heteroatoms. The van der Waals surface area contributed by atoms with Crippen molar-refractivity contribution in [1.82, 2.24) is 4.90 Å². The molecule has 0 aliphatic carbocycles. The maximum Gasteiger partial charge on any atom is 0.0782 e. The van der Waals surface area contributed by atoms with Crippen molar-refractivity contribution in [2.45, 2.75) is 45.6 Å². The molecule has 0 aromatic carbocycles. The van der Waals surface area contributed by atoms with Crippen LogP contribution in [-0.4, -0.2) is 22.5 Å². The molecule has 0 aromatic rings. The standard InChI is InChI=1S/C11H18N2S/c1-9(2)8-10-4-5-11(14)13(10)7-3-6-12/h9-10H,3-5,7-8H2,1-2H3. The molecule has 0 spiro atoms. The van der Waals surface area contributed by atoms with E-state index < -0.39 is 0 Å². The molecule has 1 fully saturated rings. The molecule has 0 N–H and O–H groups in total. The fourth-order valence-electron chi connectivity index (χ4n) is 2.06. The zero-order valence-corrected chi connectivity index (χ0v) is 9.81. The smallest absolute Gasteiger partial charge is 0.0782 e. The van der Waals surface area contributed by atoms with Crippen LogP contribution in [0.4, 0.5) is 0 Å². The Morgan fingerprint density at radius 2 is 2.36 bits per heavy atom. The van der Waals surface area contributed by atoms with Crippen molar-refractivity contribution in [1.29, 1.82) is 5.26 Å². The Morgan fingerprint density at radius 3 is 2.93 bits per heavy atom. The van der Waals surface area contributed by atoms with Gasteiger partial charge in [-0.05, 0) is 25.2 Å². The van der Waals surface area contributed by atoms with E-state index in [0.29, 0.717) is 18.4 Å². The fraction of sp³-hybridized carbons (Fsp3) is 0.818. The molecule has 0 amide bonds. The predicted molar refractivity (Wildman–Crippen MR) is 62.0 cm³/mol. The number of nitrogens with zero attached hydrogens (tertiary/aromatic N) is 2. The first-order chi connectivity index (χ1) is 6.65. The summed E-state index contributed by atoms with van der Waals surface area (Å²) in [5.41, 5.74) is 0. The second-order valence-electron chi connectivity index (χ2n) is 4.32. The van der Waals surface area contributed by atoms with Crippen LogP contribution in [0.25, 0.3) is 0 Å². The van der Waals surface area contributed by atoms with Crippen LogP contribution in [0.15, 0.2) is 0 Å². The third kappa shape index (κ3) is 2.95. The topological polar surface area (TPSA) is 27.0 Å². The summed E-state index contributed by atoms with van der Waals surface area (Å²) in [7, 11) is 0. The first-order valence-corrected chi connectivity index (χ1v) is 5.72. The normalized spacial score (nSPS) is 21.7. The minimum Gasteiger partial charge on any atom is -0.362 e. The van der Waals surface area contributed by atoms with Gasteiger partial charge in [0.05, 0.1) is 17.5 Å². The van der Waals surface area contributed by atoms with E-state index in [0.717, 1.165) is 18.0 Å². The number of rotatable bonds is 4. The molecular formula is C11H18N2S. The summed E-state index contributed by atoms with van der Waals surface area (Å²) in [6.45, 7) is 5.31. The molecular weight excluding hydrogens is 192 g/mol. The third-order valence-corrected chi connectivity index (χ3v) is 3.10. The lowest BCUT2D eigenvalue weighted by Gasteiger charge is -2.26. The van der Waals surface area contributed by atoms with E-state index in [1.54, 1.807) is 0 Å². The Kier molecular flexibility index (Phi) is 4.34. The van der Waals surface area contributed by atoms with E-state index in [9.17, 15) is 0 Å². The molecule has 0 saturated carbocycles.